The Morgan fingerprint density at radius 1 is 1.16 bits per heavy atom. The molecule has 0 N–H and O–H groups in total. The molecule has 0 saturated carbocycles. The van der Waals surface area contributed by atoms with Gasteiger partial charge < -0.3 is 0 Å². The summed E-state index contributed by atoms with van der Waals surface area (Å²) < 4.78 is 56.4. The number of carbonyl (C=O) groups is 2. The molecule has 1 aromatic heterocycles. The molecule has 2 aliphatic heterocycles. The van der Waals surface area contributed by atoms with Gasteiger partial charge in [-0.25, -0.2) is 4.39 Å². The molecule has 2 aliphatic rings. The molecular formula is C25H21ClF4N4O2S. The molecule has 194 valence electrons. The van der Waals surface area contributed by atoms with E-state index in [1.54, 1.807) is 24.3 Å². The van der Waals surface area contributed by atoms with Crippen molar-refractivity contribution in [2.24, 2.45) is 0 Å². The van der Waals surface area contributed by atoms with Crippen LogP contribution in [0.2, 0.25) is 5.02 Å². The van der Waals surface area contributed by atoms with E-state index in [4.69, 9.17) is 11.6 Å². The number of hydrogen-bond donors (Lipinski definition) is 0. The second-order valence-corrected chi connectivity index (χ2v) is 10.3. The summed E-state index contributed by atoms with van der Waals surface area (Å²) >= 11 is 6.54. The highest BCUT2D eigenvalue weighted by Gasteiger charge is 2.46. The summed E-state index contributed by atoms with van der Waals surface area (Å²) in [6.45, 7) is 2.90. The largest absolute Gasteiger partial charge is 0.416 e. The smallest absolute Gasteiger partial charge is 0.298 e. The lowest BCUT2D eigenvalue weighted by Crippen LogP contribution is -2.44. The lowest BCUT2D eigenvalue weighted by atomic mass is 10.1. The Hall–Kier alpha value is -2.89. The van der Waals surface area contributed by atoms with Crippen molar-refractivity contribution in [1.29, 1.82) is 0 Å². The first-order chi connectivity index (χ1) is 17.5. The van der Waals surface area contributed by atoms with Gasteiger partial charge in [-0.3, -0.25) is 24.1 Å². The number of hydrogen-bond acceptors (Lipinski definition) is 5. The van der Waals surface area contributed by atoms with Crippen molar-refractivity contribution in [3.63, 3.8) is 0 Å². The summed E-state index contributed by atoms with van der Waals surface area (Å²) in [7, 11) is 0. The molecule has 2 amide bonds. The van der Waals surface area contributed by atoms with Gasteiger partial charge in [0.15, 0.2) is 0 Å². The normalized spacial score (nSPS) is 22.2. The fourth-order valence-corrected chi connectivity index (χ4v) is 5.73. The van der Waals surface area contributed by atoms with E-state index in [1.807, 2.05) is 11.8 Å². The number of rotatable bonds is 5. The first-order valence-corrected chi connectivity index (χ1v) is 12.7. The van der Waals surface area contributed by atoms with Crippen LogP contribution in [0.25, 0.3) is 17.0 Å². The van der Waals surface area contributed by atoms with E-state index < -0.39 is 35.1 Å². The Kier molecular flexibility index (Phi) is 6.80. The average Bonchev–Trinajstić information content (AvgIpc) is 3.49. The number of fused-ring (bicyclic) bond motifs is 1. The molecule has 0 unspecified atom stereocenters. The van der Waals surface area contributed by atoms with Crippen LogP contribution < -0.4 is 0 Å². The number of likely N-dealkylation sites (N-methyl/N-ethyl adjacent to an activating group) is 1. The van der Waals surface area contributed by atoms with Crippen molar-refractivity contribution in [2.45, 2.75) is 31.9 Å². The maximum absolute atomic E-state index is 14.5. The van der Waals surface area contributed by atoms with E-state index >= 15 is 0 Å². The monoisotopic (exact) mass is 552 g/mol. The van der Waals surface area contributed by atoms with Crippen molar-refractivity contribution in [3.8, 4) is 0 Å². The molecule has 2 aromatic carbocycles. The van der Waals surface area contributed by atoms with Crippen LogP contribution in [0.5, 0.6) is 0 Å². The SMILES string of the molecule is CCN1C[C@H](F)[C@@H](N2C(=O)S/C(=C\c3ccc4c(cnn4Cc4ccc(Cl)cc4C(F)(F)F)c3)C2=O)C1. The van der Waals surface area contributed by atoms with Gasteiger partial charge in [-0.05, 0) is 59.8 Å². The second kappa shape index (κ2) is 9.77. The van der Waals surface area contributed by atoms with Crippen molar-refractivity contribution >= 4 is 51.5 Å². The number of halogens is 5. The van der Waals surface area contributed by atoms with Crippen LogP contribution in [0.3, 0.4) is 0 Å². The number of likely N-dealkylation sites (tertiary alicyclic amines) is 1. The Morgan fingerprint density at radius 3 is 2.65 bits per heavy atom. The van der Waals surface area contributed by atoms with Gasteiger partial charge in [0.1, 0.15) is 6.17 Å². The molecule has 2 fully saturated rings. The summed E-state index contributed by atoms with van der Waals surface area (Å²) in [5.74, 6) is -0.529. The van der Waals surface area contributed by atoms with Gasteiger partial charge in [0.2, 0.25) is 0 Å². The fourth-order valence-electron chi connectivity index (χ4n) is 4.67. The lowest BCUT2D eigenvalue weighted by Gasteiger charge is -2.22. The van der Waals surface area contributed by atoms with E-state index in [-0.39, 0.29) is 28.6 Å². The molecule has 5 rings (SSSR count). The van der Waals surface area contributed by atoms with Gasteiger partial charge in [0.25, 0.3) is 11.1 Å². The number of alkyl halides is 4. The summed E-state index contributed by atoms with van der Waals surface area (Å²) in [5.41, 5.74) is 0.410. The average molecular weight is 553 g/mol. The molecule has 3 aromatic rings. The Labute approximate surface area is 218 Å². The van der Waals surface area contributed by atoms with Gasteiger partial charge in [-0.2, -0.15) is 18.3 Å². The molecule has 0 spiro atoms. The highest BCUT2D eigenvalue weighted by atomic mass is 35.5. The van der Waals surface area contributed by atoms with Gasteiger partial charge in [0, 0.05) is 23.5 Å². The molecule has 6 nitrogen and oxygen atoms in total. The molecule has 0 bridgehead atoms. The molecule has 0 radical (unpaired) electrons. The number of benzene rings is 2. The van der Waals surface area contributed by atoms with Gasteiger partial charge in [0.05, 0.1) is 34.8 Å². The standard InChI is InChI=1S/C25H21ClF4N4O2S/c1-2-32-12-19(27)21(13-32)34-23(35)22(37-24(34)36)8-14-3-6-20-16(7-14)10-31-33(20)11-15-4-5-17(26)9-18(15)25(28,29)30/h3-10,19,21H,2,11-13H2,1H3/b22-8-/t19-,21-/m0/s1. The Bertz CT molecular complexity index is 1420. The molecular weight excluding hydrogens is 532 g/mol. The number of amides is 2. The Balaban J connectivity index is 1.39. The van der Waals surface area contributed by atoms with Crippen molar-refractivity contribution in [3.05, 3.63) is 69.2 Å². The van der Waals surface area contributed by atoms with Crippen LogP contribution in [-0.2, 0) is 17.5 Å². The van der Waals surface area contributed by atoms with Crippen molar-refractivity contribution in [2.75, 3.05) is 19.6 Å². The van der Waals surface area contributed by atoms with E-state index in [0.29, 0.717) is 29.6 Å². The summed E-state index contributed by atoms with van der Waals surface area (Å²) in [4.78, 5) is 28.6. The number of aromatic nitrogens is 2. The number of carbonyl (C=O) groups excluding carboxylic acids is 2. The number of nitrogens with zero attached hydrogens (tertiary/aromatic N) is 4. The molecule has 2 atom stereocenters. The third-order valence-corrected chi connectivity index (χ3v) is 7.68. The van der Waals surface area contributed by atoms with Gasteiger partial charge in [-0.1, -0.05) is 30.7 Å². The van der Waals surface area contributed by atoms with E-state index in [1.165, 1.54) is 23.0 Å². The molecule has 12 heteroatoms. The third kappa shape index (κ3) is 4.99. The quantitative estimate of drug-likeness (QED) is 0.294. The lowest BCUT2D eigenvalue weighted by molar-refractivity contribution is -0.138. The Morgan fingerprint density at radius 2 is 1.95 bits per heavy atom. The minimum Gasteiger partial charge on any atom is -0.298 e. The minimum atomic E-state index is -4.56. The third-order valence-electron chi connectivity index (χ3n) is 6.56. The second-order valence-electron chi connectivity index (χ2n) is 8.91. The van der Waals surface area contributed by atoms with E-state index in [0.717, 1.165) is 22.7 Å². The van der Waals surface area contributed by atoms with Crippen LogP contribution in [-0.4, -0.2) is 62.6 Å². The molecule has 2 saturated heterocycles. The van der Waals surface area contributed by atoms with Crippen LogP contribution in [0.1, 0.15) is 23.6 Å². The van der Waals surface area contributed by atoms with E-state index in [2.05, 4.69) is 5.10 Å². The van der Waals surface area contributed by atoms with Crippen LogP contribution in [0, 0.1) is 0 Å². The highest BCUT2D eigenvalue weighted by Crippen LogP contribution is 2.37. The fraction of sp³-hybridized carbons (Fsp3) is 0.320. The van der Waals surface area contributed by atoms with Crippen LogP contribution in [0.4, 0.5) is 22.4 Å². The van der Waals surface area contributed by atoms with E-state index in [9.17, 15) is 27.2 Å². The van der Waals surface area contributed by atoms with Gasteiger partial charge >= 0.3 is 6.18 Å². The molecule has 3 heterocycles. The van der Waals surface area contributed by atoms with Crippen LogP contribution >= 0.6 is 23.4 Å². The molecule has 0 aliphatic carbocycles. The summed E-state index contributed by atoms with van der Waals surface area (Å²) in [6.07, 6.45) is -2.78. The highest BCUT2D eigenvalue weighted by molar-refractivity contribution is 8.18. The predicted molar refractivity (Wildman–Crippen MR) is 134 cm³/mol. The van der Waals surface area contributed by atoms with Crippen molar-refractivity contribution < 1.29 is 27.2 Å². The molecule has 37 heavy (non-hydrogen) atoms. The summed E-state index contributed by atoms with van der Waals surface area (Å²) in [6, 6.07) is 7.92. The first kappa shape index (κ1) is 25.7. The zero-order valence-electron chi connectivity index (χ0n) is 19.5. The zero-order chi connectivity index (χ0) is 26.5. The summed E-state index contributed by atoms with van der Waals surface area (Å²) in [5, 5.41) is 4.38. The maximum atomic E-state index is 14.5. The predicted octanol–water partition coefficient (Wildman–Crippen LogP) is 5.84. The number of thioether (sulfide) groups is 1. The van der Waals surface area contributed by atoms with Gasteiger partial charge in [-0.15, -0.1) is 0 Å². The topological polar surface area (TPSA) is 58.4 Å². The first-order valence-electron chi connectivity index (χ1n) is 11.5. The van der Waals surface area contributed by atoms with Crippen LogP contribution in [0.15, 0.2) is 47.5 Å². The van der Waals surface area contributed by atoms with Crippen molar-refractivity contribution in [1.82, 2.24) is 19.6 Å². The number of imide groups is 1. The zero-order valence-corrected chi connectivity index (χ0v) is 21.1. The minimum absolute atomic E-state index is 0.00638. The maximum Gasteiger partial charge on any atom is 0.416 e.